The third kappa shape index (κ3) is 4.37. The number of benzene rings is 2. The van der Waals surface area contributed by atoms with E-state index >= 15 is 0 Å². The summed E-state index contributed by atoms with van der Waals surface area (Å²) in [6.45, 7) is 2.04. The molecule has 0 aliphatic rings. The highest BCUT2D eigenvalue weighted by Gasteiger charge is 2.26. The molecule has 0 saturated heterocycles. The number of primary sulfonamides is 1. The van der Waals surface area contributed by atoms with Gasteiger partial charge in [0.1, 0.15) is 11.0 Å². The lowest BCUT2D eigenvalue weighted by Crippen LogP contribution is -2.22. The van der Waals surface area contributed by atoms with Crippen LogP contribution in [0.5, 0.6) is 5.75 Å². The molecule has 0 radical (unpaired) electrons. The summed E-state index contributed by atoms with van der Waals surface area (Å²) >= 11 is 3.17. The first-order valence-corrected chi connectivity index (χ1v) is 11.4. The van der Waals surface area contributed by atoms with E-state index < -0.39 is 15.3 Å². The van der Waals surface area contributed by atoms with Crippen LogP contribution in [-0.4, -0.2) is 26.3 Å². The van der Waals surface area contributed by atoms with Gasteiger partial charge in [-0.25, -0.2) is 18.5 Å². The van der Waals surface area contributed by atoms with Crippen LogP contribution in [0.15, 0.2) is 46.8 Å². The second kappa shape index (κ2) is 7.96. The standard InChI is InChI=1S/C18H20N2O3S3/c1-12-7-8-16-14(11-12)20-18(25-16)24-10-9-17(26(19,21)22)13-5-3-4-6-15(13)23-2/h3-8,11,17H,9-10H2,1-2H3,(H2,19,21,22). The molecular weight excluding hydrogens is 388 g/mol. The van der Waals surface area contributed by atoms with Gasteiger partial charge in [0.05, 0.1) is 17.3 Å². The smallest absolute Gasteiger partial charge is 0.216 e. The van der Waals surface area contributed by atoms with E-state index in [9.17, 15) is 8.42 Å². The molecule has 1 aromatic heterocycles. The number of nitrogens with two attached hydrogens (primary N) is 1. The summed E-state index contributed by atoms with van der Waals surface area (Å²) in [4.78, 5) is 4.62. The van der Waals surface area contributed by atoms with E-state index in [0.717, 1.165) is 14.6 Å². The van der Waals surface area contributed by atoms with Crippen molar-refractivity contribution in [2.24, 2.45) is 5.14 Å². The minimum Gasteiger partial charge on any atom is -0.496 e. The average molecular weight is 409 g/mol. The van der Waals surface area contributed by atoms with Crippen molar-refractivity contribution >= 4 is 43.3 Å². The van der Waals surface area contributed by atoms with Gasteiger partial charge in [-0.15, -0.1) is 11.3 Å². The van der Waals surface area contributed by atoms with Crippen molar-refractivity contribution in [2.45, 2.75) is 22.9 Å². The Balaban J connectivity index is 1.75. The van der Waals surface area contributed by atoms with E-state index in [1.165, 1.54) is 12.7 Å². The minimum absolute atomic E-state index is 0.388. The highest BCUT2D eigenvalue weighted by atomic mass is 32.2. The number of fused-ring (bicyclic) bond motifs is 1. The summed E-state index contributed by atoms with van der Waals surface area (Å²) in [7, 11) is -2.22. The Morgan fingerprint density at radius 1 is 1.27 bits per heavy atom. The topological polar surface area (TPSA) is 82.3 Å². The Bertz CT molecular complexity index is 1020. The first kappa shape index (κ1) is 19.2. The first-order chi connectivity index (χ1) is 12.4. The maximum atomic E-state index is 12.1. The third-order valence-corrected chi connectivity index (χ3v) is 7.51. The van der Waals surface area contributed by atoms with Crippen molar-refractivity contribution in [1.82, 2.24) is 4.98 Å². The van der Waals surface area contributed by atoms with Crippen LogP contribution >= 0.6 is 23.1 Å². The molecule has 0 saturated carbocycles. The zero-order chi connectivity index (χ0) is 18.7. The van der Waals surface area contributed by atoms with Crippen LogP contribution in [0.1, 0.15) is 22.8 Å². The maximum Gasteiger partial charge on any atom is 0.216 e. The number of aromatic nitrogens is 1. The summed E-state index contributed by atoms with van der Waals surface area (Å²) in [6, 6.07) is 13.3. The fourth-order valence-electron chi connectivity index (χ4n) is 2.76. The van der Waals surface area contributed by atoms with Gasteiger partial charge in [0.25, 0.3) is 0 Å². The number of methoxy groups -OCH3 is 1. The number of hydrogen-bond acceptors (Lipinski definition) is 6. The Labute approximate surface area is 161 Å². The fraction of sp³-hybridized carbons (Fsp3) is 0.278. The zero-order valence-electron chi connectivity index (χ0n) is 14.5. The molecule has 8 heteroatoms. The molecule has 2 aromatic carbocycles. The summed E-state index contributed by atoms with van der Waals surface area (Å²) in [5, 5.41) is 4.68. The molecule has 5 nitrogen and oxygen atoms in total. The van der Waals surface area contributed by atoms with Crippen molar-refractivity contribution < 1.29 is 13.2 Å². The molecule has 2 N–H and O–H groups in total. The van der Waals surface area contributed by atoms with Crippen LogP contribution in [0.4, 0.5) is 0 Å². The van der Waals surface area contributed by atoms with Crippen LogP contribution in [0.25, 0.3) is 10.2 Å². The van der Waals surface area contributed by atoms with Gasteiger partial charge in [0.15, 0.2) is 4.34 Å². The van der Waals surface area contributed by atoms with Crippen LogP contribution in [0.3, 0.4) is 0 Å². The monoisotopic (exact) mass is 408 g/mol. The summed E-state index contributed by atoms with van der Waals surface area (Å²) < 4.78 is 31.6. The van der Waals surface area contributed by atoms with Crippen LogP contribution in [-0.2, 0) is 10.0 Å². The number of nitrogens with zero attached hydrogens (tertiary/aromatic N) is 1. The van der Waals surface area contributed by atoms with Crippen LogP contribution in [0, 0.1) is 6.92 Å². The van der Waals surface area contributed by atoms with Crippen molar-refractivity contribution in [3.8, 4) is 5.75 Å². The molecule has 1 atom stereocenters. The third-order valence-electron chi connectivity index (χ3n) is 4.01. The fourth-order valence-corrected chi connectivity index (χ4v) is 6.03. The Morgan fingerprint density at radius 2 is 2.04 bits per heavy atom. The highest BCUT2D eigenvalue weighted by molar-refractivity contribution is 8.01. The Kier molecular flexibility index (Phi) is 5.86. The number of thioether (sulfide) groups is 1. The van der Waals surface area contributed by atoms with Crippen molar-refractivity contribution in [1.29, 1.82) is 0 Å². The zero-order valence-corrected chi connectivity index (χ0v) is 17.0. The number of ether oxygens (including phenoxy) is 1. The lowest BCUT2D eigenvalue weighted by atomic mass is 10.1. The average Bonchev–Trinajstić information content (AvgIpc) is 2.99. The van der Waals surface area contributed by atoms with E-state index in [2.05, 4.69) is 23.2 Å². The molecule has 3 rings (SSSR count). The van der Waals surface area contributed by atoms with Gasteiger partial charge < -0.3 is 4.74 Å². The number of para-hydroxylation sites is 1. The lowest BCUT2D eigenvalue weighted by Gasteiger charge is -2.17. The molecule has 1 unspecified atom stereocenters. The van der Waals surface area contributed by atoms with Gasteiger partial charge in [-0.3, -0.25) is 0 Å². The Morgan fingerprint density at radius 3 is 2.77 bits per heavy atom. The second-order valence-corrected chi connectivity index (χ2v) is 10.0. The lowest BCUT2D eigenvalue weighted by molar-refractivity contribution is 0.408. The molecule has 0 bridgehead atoms. The van der Waals surface area contributed by atoms with E-state index in [1.54, 1.807) is 47.4 Å². The van der Waals surface area contributed by atoms with Crippen molar-refractivity contribution in [3.63, 3.8) is 0 Å². The molecule has 0 spiro atoms. The predicted molar refractivity (Wildman–Crippen MR) is 109 cm³/mol. The van der Waals surface area contributed by atoms with E-state index in [0.29, 0.717) is 23.5 Å². The minimum atomic E-state index is -3.75. The number of rotatable bonds is 7. The normalized spacial score (nSPS) is 13.0. The van der Waals surface area contributed by atoms with Gasteiger partial charge in [0, 0.05) is 11.3 Å². The maximum absolute atomic E-state index is 12.1. The van der Waals surface area contributed by atoms with Crippen molar-refractivity contribution in [2.75, 3.05) is 12.9 Å². The van der Waals surface area contributed by atoms with Crippen LogP contribution < -0.4 is 9.88 Å². The van der Waals surface area contributed by atoms with Gasteiger partial charge in [-0.1, -0.05) is 36.0 Å². The summed E-state index contributed by atoms with van der Waals surface area (Å²) in [6.07, 6.45) is 0.388. The molecule has 0 fully saturated rings. The molecule has 0 aliphatic carbocycles. The first-order valence-electron chi connectivity index (χ1n) is 8.03. The van der Waals surface area contributed by atoms with E-state index in [4.69, 9.17) is 9.88 Å². The highest BCUT2D eigenvalue weighted by Crippen LogP contribution is 2.35. The largest absolute Gasteiger partial charge is 0.496 e. The summed E-state index contributed by atoms with van der Waals surface area (Å²) in [5.74, 6) is 1.13. The van der Waals surface area contributed by atoms with Gasteiger partial charge >= 0.3 is 0 Å². The van der Waals surface area contributed by atoms with Gasteiger partial charge in [-0.2, -0.15) is 0 Å². The van der Waals surface area contributed by atoms with Gasteiger partial charge in [0.2, 0.25) is 10.0 Å². The molecule has 26 heavy (non-hydrogen) atoms. The predicted octanol–water partition coefficient (Wildman–Crippen LogP) is 4.13. The molecule has 1 heterocycles. The van der Waals surface area contributed by atoms with Crippen molar-refractivity contribution in [3.05, 3.63) is 53.6 Å². The second-order valence-electron chi connectivity index (χ2n) is 5.91. The number of hydrogen-bond donors (Lipinski definition) is 1. The summed E-state index contributed by atoms with van der Waals surface area (Å²) in [5.41, 5.74) is 2.74. The quantitative estimate of drug-likeness (QED) is 0.595. The number of aryl methyl sites for hydroxylation is 1. The molecule has 138 valence electrons. The Hall–Kier alpha value is -1.61. The molecular formula is C18H20N2O3S3. The molecule has 3 aromatic rings. The van der Waals surface area contributed by atoms with Crippen LogP contribution in [0.2, 0.25) is 0 Å². The number of thiazole rings is 1. The SMILES string of the molecule is COc1ccccc1C(CCSc1nc2cc(C)ccc2s1)S(N)(=O)=O. The number of sulfonamides is 1. The molecule has 0 aliphatic heterocycles. The van der Waals surface area contributed by atoms with Gasteiger partial charge in [-0.05, 0) is 37.1 Å². The van der Waals surface area contributed by atoms with E-state index in [1.807, 2.05) is 6.92 Å². The van der Waals surface area contributed by atoms with E-state index in [-0.39, 0.29) is 0 Å². The molecule has 0 amide bonds.